The predicted octanol–water partition coefficient (Wildman–Crippen LogP) is 3.06. The molecule has 18 heavy (non-hydrogen) atoms. The van der Waals surface area contributed by atoms with E-state index in [4.69, 9.17) is 11.6 Å². The Hall–Kier alpha value is -0.970. The highest BCUT2D eigenvalue weighted by Gasteiger charge is 2.29. The number of aromatic amines is 1. The molecule has 2 N–H and O–H groups in total. The van der Waals surface area contributed by atoms with Gasteiger partial charge in [0.05, 0.1) is 6.10 Å². The standard InChI is InChI=1S/C13H13ClN2OS/c14-9-1-2-10-11(6-9)18-7-8(13(10)17)5-12-15-3-4-16-12/h1-4,6,8,13,17H,5,7H2,(H,15,16)/t8-,13-/m1/s1. The lowest BCUT2D eigenvalue weighted by Gasteiger charge is -2.29. The average Bonchev–Trinajstić information content (AvgIpc) is 2.85. The summed E-state index contributed by atoms with van der Waals surface area (Å²) in [6.45, 7) is 0. The fourth-order valence-corrected chi connectivity index (χ4v) is 3.74. The number of hydrogen-bond acceptors (Lipinski definition) is 3. The molecule has 0 spiro atoms. The van der Waals surface area contributed by atoms with Crippen LogP contribution in [0, 0.1) is 5.92 Å². The van der Waals surface area contributed by atoms with E-state index in [2.05, 4.69) is 9.97 Å². The van der Waals surface area contributed by atoms with Crippen LogP contribution in [0.5, 0.6) is 0 Å². The van der Waals surface area contributed by atoms with Crippen LogP contribution in [0.25, 0.3) is 0 Å². The monoisotopic (exact) mass is 280 g/mol. The molecule has 0 radical (unpaired) electrons. The molecule has 1 aliphatic rings. The van der Waals surface area contributed by atoms with Crippen molar-refractivity contribution in [2.45, 2.75) is 17.4 Å². The second-order valence-corrected chi connectivity index (χ2v) is 5.94. The van der Waals surface area contributed by atoms with Crippen LogP contribution in [-0.2, 0) is 6.42 Å². The number of rotatable bonds is 2. The van der Waals surface area contributed by atoms with E-state index in [1.807, 2.05) is 24.4 Å². The number of nitrogens with one attached hydrogen (secondary N) is 1. The maximum atomic E-state index is 10.4. The lowest BCUT2D eigenvalue weighted by molar-refractivity contribution is 0.114. The number of benzene rings is 1. The molecule has 1 aromatic heterocycles. The number of halogens is 1. The Morgan fingerprint density at radius 3 is 3.17 bits per heavy atom. The zero-order chi connectivity index (χ0) is 12.5. The van der Waals surface area contributed by atoms with E-state index in [0.717, 1.165) is 33.5 Å². The Morgan fingerprint density at radius 1 is 1.50 bits per heavy atom. The highest BCUT2D eigenvalue weighted by Crippen LogP contribution is 2.41. The van der Waals surface area contributed by atoms with Crippen LogP contribution in [0.4, 0.5) is 0 Å². The van der Waals surface area contributed by atoms with Gasteiger partial charge in [0, 0.05) is 40.4 Å². The van der Waals surface area contributed by atoms with Crippen molar-refractivity contribution in [3.63, 3.8) is 0 Å². The summed E-state index contributed by atoms with van der Waals surface area (Å²) < 4.78 is 0. The first kappa shape index (κ1) is 12.1. The van der Waals surface area contributed by atoms with E-state index in [9.17, 15) is 5.11 Å². The third-order valence-corrected chi connectivity index (χ3v) is 4.70. The second kappa shape index (κ2) is 4.96. The number of hydrogen-bond donors (Lipinski definition) is 2. The average molecular weight is 281 g/mol. The van der Waals surface area contributed by atoms with Gasteiger partial charge in [0.1, 0.15) is 5.82 Å². The fraction of sp³-hybridized carbons (Fsp3) is 0.308. The minimum Gasteiger partial charge on any atom is -0.388 e. The van der Waals surface area contributed by atoms with Crippen molar-refractivity contribution in [2.75, 3.05) is 5.75 Å². The lowest BCUT2D eigenvalue weighted by atomic mass is 9.93. The van der Waals surface area contributed by atoms with Crippen molar-refractivity contribution >= 4 is 23.4 Å². The molecule has 3 rings (SSSR count). The molecule has 2 aromatic rings. The summed E-state index contributed by atoms with van der Waals surface area (Å²) in [7, 11) is 0. The minimum atomic E-state index is -0.441. The molecular formula is C13H13ClN2OS. The Morgan fingerprint density at radius 2 is 2.39 bits per heavy atom. The Balaban J connectivity index is 1.83. The Kier molecular flexibility index (Phi) is 3.33. The highest BCUT2D eigenvalue weighted by molar-refractivity contribution is 7.99. The molecule has 5 heteroatoms. The molecule has 0 fully saturated rings. The molecule has 0 unspecified atom stereocenters. The van der Waals surface area contributed by atoms with Gasteiger partial charge in [-0.05, 0) is 17.7 Å². The maximum Gasteiger partial charge on any atom is 0.106 e. The van der Waals surface area contributed by atoms with Gasteiger partial charge < -0.3 is 10.1 Å². The first-order chi connectivity index (χ1) is 8.74. The highest BCUT2D eigenvalue weighted by atomic mass is 35.5. The topological polar surface area (TPSA) is 48.9 Å². The van der Waals surface area contributed by atoms with Crippen LogP contribution in [-0.4, -0.2) is 20.8 Å². The van der Waals surface area contributed by atoms with Crippen molar-refractivity contribution in [2.24, 2.45) is 5.92 Å². The van der Waals surface area contributed by atoms with Crippen LogP contribution in [0.15, 0.2) is 35.5 Å². The van der Waals surface area contributed by atoms with Gasteiger partial charge in [-0.25, -0.2) is 4.98 Å². The molecule has 1 aliphatic heterocycles. The molecule has 0 saturated carbocycles. The summed E-state index contributed by atoms with van der Waals surface area (Å²) >= 11 is 7.72. The third-order valence-electron chi connectivity index (χ3n) is 3.20. The molecule has 3 nitrogen and oxygen atoms in total. The molecule has 0 saturated heterocycles. The zero-order valence-electron chi connectivity index (χ0n) is 9.64. The molecule has 0 amide bonds. The first-order valence-electron chi connectivity index (χ1n) is 5.82. The van der Waals surface area contributed by atoms with Gasteiger partial charge >= 0.3 is 0 Å². The van der Waals surface area contributed by atoms with Crippen LogP contribution in [0.2, 0.25) is 5.02 Å². The molecule has 0 aliphatic carbocycles. The van der Waals surface area contributed by atoms with E-state index in [1.165, 1.54) is 0 Å². The van der Waals surface area contributed by atoms with Crippen LogP contribution < -0.4 is 0 Å². The molecule has 94 valence electrons. The van der Waals surface area contributed by atoms with E-state index >= 15 is 0 Å². The van der Waals surface area contributed by atoms with Gasteiger partial charge in [0.25, 0.3) is 0 Å². The summed E-state index contributed by atoms with van der Waals surface area (Å²) in [5.41, 5.74) is 0.979. The van der Waals surface area contributed by atoms with Crippen molar-refractivity contribution in [1.82, 2.24) is 9.97 Å². The van der Waals surface area contributed by atoms with Crippen LogP contribution in [0.3, 0.4) is 0 Å². The maximum absolute atomic E-state index is 10.4. The zero-order valence-corrected chi connectivity index (χ0v) is 11.2. The van der Waals surface area contributed by atoms with Gasteiger partial charge in [-0.2, -0.15) is 0 Å². The normalized spacial score (nSPS) is 22.8. The van der Waals surface area contributed by atoms with Crippen LogP contribution >= 0.6 is 23.4 Å². The number of imidazole rings is 1. The summed E-state index contributed by atoms with van der Waals surface area (Å²) in [6, 6.07) is 5.68. The Labute approximate surface area is 115 Å². The summed E-state index contributed by atoms with van der Waals surface area (Å²) in [5, 5.41) is 11.1. The van der Waals surface area contributed by atoms with E-state index in [1.54, 1.807) is 18.0 Å². The number of thioether (sulfide) groups is 1. The first-order valence-corrected chi connectivity index (χ1v) is 7.19. The SMILES string of the molecule is O[C@H]1c2ccc(Cl)cc2SC[C@H]1Cc1ncc[nH]1. The smallest absolute Gasteiger partial charge is 0.106 e. The fourth-order valence-electron chi connectivity index (χ4n) is 2.25. The summed E-state index contributed by atoms with van der Waals surface area (Å²) in [5.74, 6) is 2.00. The molecular weight excluding hydrogens is 268 g/mol. The number of nitrogens with zero attached hydrogens (tertiary/aromatic N) is 1. The third kappa shape index (κ3) is 2.28. The Bertz CT molecular complexity index is 544. The predicted molar refractivity (Wildman–Crippen MR) is 72.9 cm³/mol. The lowest BCUT2D eigenvalue weighted by Crippen LogP contribution is -2.22. The van der Waals surface area contributed by atoms with Crippen LogP contribution in [0.1, 0.15) is 17.5 Å². The van der Waals surface area contributed by atoms with Crippen molar-refractivity contribution in [3.05, 3.63) is 47.0 Å². The van der Waals surface area contributed by atoms with Gasteiger partial charge in [-0.15, -0.1) is 11.8 Å². The molecule has 1 aromatic carbocycles. The molecule has 2 heterocycles. The van der Waals surface area contributed by atoms with E-state index < -0.39 is 6.10 Å². The van der Waals surface area contributed by atoms with Gasteiger partial charge in [0.15, 0.2) is 0 Å². The van der Waals surface area contributed by atoms with Crippen molar-refractivity contribution in [1.29, 1.82) is 0 Å². The molecule has 0 bridgehead atoms. The largest absolute Gasteiger partial charge is 0.388 e. The summed E-state index contributed by atoms with van der Waals surface area (Å²) in [6.07, 6.45) is 3.88. The number of aliphatic hydroxyl groups excluding tert-OH is 1. The molecule has 2 atom stereocenters. The number of aliphatic hydroxyl groups is 1. The van der Waals surface area contributed by atoms with Gasteiger partial charge in [-0.1, -0.05) is 17.7 Å². The van der Waals surface area contributed by atoms with E-state index in [-0.39, 0.29) is 5.92 Å². The number of H-pyrrole nitrogens is 1. The minimum absolute atomic E-state index is 0.190. The number of fused-ring (bicyclic) bond motifs is 1. The van der Waals surface area contributed by atoms with Gasteiger partial charge in [-0.3, -0.25) is 0 Å². The quantitative estimate of drug-likeness (QED) is 0.889. The number of aromatic nitrogens is 2. The van der Waals surface area contributed by atoms with Crippen molar-refractivity contribution < 1.29 is 5.11 Å². The second-order valence-electron chi connectivity index (χ2n) is 4.44. The van der Waals surface area contributed by atoms with E-state index in [0.29, 0.717) is 0 Å². The van der Waals surface area contributed by atoms with Gasteiger partial charge in [0.2, 0.25) is 0 Å². The van der Waals surface area contributed by atoms with Crippen molar-refractivity contribution in [3.8, 4) is 0 Å². The summed E-state index contributed by atoms with van der Waals surface area (Å²) in [4.78, 5) is 8.39.